The van der Waals surface area contributed by atoms with Crippen LogP contribution >= 0.6 is 11.6 Å². The first-order valence-electron chi connectivity index (χ1n) is 6.05. The van der Waals surface area contributed by atoms with Crippen LogP contribution in [0.3, 0.4) is 0 Å². The van der Waals surface area contributed by atoms with Gasteiger partial charge in [0, 0.05) is 35.8 Å². The lowest BCUT2D eigenvalue weighted by molar-refractivity contribution is -0.387. The number of hydrogen-bond donors (Lipinski definition) is 1. The highest BCUT2D eigenvalue weighted by atomic mass is 35.5. The van der Waals surface area contributed by atoms with Crippen molar-refractivity contribution in [1.82, 2.24) is 5.32 Å². The van der Waals surface area contributed by atoms with Crippen molar-refractivity contribution in [2.75, 3.05) is 0 Å². The molecule has 0 spiro atoms. The van der Waals surface area contributed by atoms with Crippen LogP contribution in [0.5, 0.6) is 0 Å². The van der Waals surface area contributed by atoms with Crippen LogP contribution in [0.1, 0.15) is 11.1 Å². The van der Waals surface area contributed by atoms with Gasteiger partial charge < -0.3 is 5.32 Å². The normalized spacial score (nSPS) is 10.6. The Labute approximate surface area is 124 Å². The minimum atomic E-state index is -1.19. The highest BCUT2D eigenvalue weighted by molar-refractivity contribution is 6.31. The first-order chi connectivity index (χ1) is 9.99. The molecule has 1 N–H and O–H groups in total. The van der Waals surface area contributed by atoms with E-state index in [0.717, 1.165) is 11.6 Å². The SMILES string of the molecule is O=[N+]([O-])c1cc(CNCc2ccccc2Cl)c(F)cc1F. The molecule has 4 nitrogen and oxygen atoms in total. The van der Waals surface area contributed by atoms with E-state index in [2.05, 4.69) is 5.32 Å². The Hall–Kier alpha value is -2.05. The van der Waals surface area contributed by atoms with Gasteiger partial charge in [-0.15, -0.1) is 0 Å². The van der Waals surface area contributed by atoms with Crippen molar-refractivity contribution in [2.45, 2.75) is 13.1 Å². The summed E-state index contributed by atoms with van der Waals surface area (Å²) < 4.78 is 26.8. The summed E-state index contributed by atoms with van der Waals surface area (Å²) in [7, 11) is 0. The first kappa shape index (κ1) is 15.3. The van der Waals surface area contributed by atoms with Crippen LogP contribution < -0.4 is 5.32 Å². The third kappa shape index (κ3) is 3.74. The van der Waals surface area contributed by atoms with Gasteiger partial charge in [-0.25, -0.2) is 4.39 Å². The second-order valence-electron chi connectivity index (χ2n) is 4.35. The van der Waals surface area contributed by atoms with Gasteiger partial charge in [0.25, 0.3) is 0 Å². The molecule has 7 heteroatoms. The van der Waals surface area contributed by atoms with Gasteiger partial charge in [-0.05, 0) is 11.6 Å². The van der Waals surface area contributed by atoms with Crippen molar-refractivity contribution in [1.29, 1.82) is 0 Å². The van der Waals surface area contributed by atoms with E-state index in [1.807, 2.05) is 6.07 Å². The number of nitro benzene ring substituents is 1. The summed E-state index contributed by atoms with van der Waals surface area (Å²) in [5.74, 6) is -2.02. The summed E-state index contributed by atoms with van der Waals surface area (Å²) in [6.07, 6.45) is 0. The van der Waals surface area contributed by atoms with Crippen molar-refractivity contribution in [2.24, 2.45) is 0 Å². The fourth-order valence-electron chi connectivity index (χ4n) is 1.83. The largest absolute Gasteiger partial charge is 0.308 e. The highest BCUT2D eigenvalue weighted by Crippen LogP contribution is 2.21. The smallest absolute Gasteiger partial charge is 0.305 e. The van der Waals surface area contributed by atoms with Crippen LogP contribution in [-0.2, 0) is 13.1 Å². The molecule has 0 aliphatic rings. The average Bonchev–Trinajstić information content (AvgIpc) is 2.42. The van der Waals surface area contributed by atoms with Crippen LogP contribution in [0, 0.1) is 21.7 Å². The van der Waals surface area contributed by atoms with Crippen LogP contribution in [-0.4, -0.2) is 4.92 Å². The second kappa shape index (κ2) is 6.60. The van der Waals surface area contributed by atoms with Crippen LogP contribution in [0.25, 0.3) is 0 Å². The fourth-order valence-corrected chi connectivity index (χ4v) is 2.03. The van der Waals surface area contributed by atoms with Crippen molar-refractivity contribution in [3.05, 3.63) is 74.3 Å². The molecular formula is C14H11ClF2N2O2. The molecule has 2 rings (SSSR count). The van der Waals surface area contributed by atoms with E-state index in [4.69, 9.17) is 11.6 Å². The van der Waals surface area contributed by atoms with Gasteiger partial charge in [-0.1, -0.05) is 29.8 Å². The lowest BCUT2D eigenvalue weighted by Crippen LogP contribution is -2.14. The predicted octanol–water partition coefficient (Wildman–Crippen LogP) is 3.82. The zero-order chi connectivity index (χ0) is 15.4. The van der Waals surface area contributed by atoms with Gasteiger partial charge in [0.2, 0.25) is 5.82 Å². The molecule has 0 atom stereocenters. The average molecular weight is 313 g/mol. The Kier molecular flexibility index (Phi) is 4.82. The molecule has 0 bridgehead atoms. The summed E-state index contributed by atoms with van der Waals surface area (Å²) in [5.41, 5.74) is 0.0947. The third-order valence-electron chi connectivity index (χ3n) is 2.90. The van der Waals surface area contributed by atoms with E-state index in [9.17, 15) is 18.9 Å². The van der Waals surface area contributed by atoms with Crippen LogP contribution in [0.15, 0.2) is 36.4 Å². The van der Waals surface area contributed by atoms with Crippen molar-refractivity contribution in [3.8, 4) is 0 Å². The number of benzene rings is 2. The molecule has 110 valence electrons. The maximum Gasteiger partial charge on any atom is 0.305 e. The monoisotopic (exact) mass is 312 g/mol. The maximum atomic E-state index is 13.6. The zero-order valence-corrected chi connectivity index (χ0v) is 11.5. The Balaban J connectivity index is 2.08. The topological polar surface area (TPSA) is 55.2 Å². The van der Waals surface area contributed by atoms with Gasteiger partial charge in [0.05, 0.1) is 4.92 Å². The Morgan fingerprint density at radius 3 is 2.43 bits per heavy atom. The lowest BCUT2D eigenvalue weighted by atomic mass is 10.1. The molecule has 0 unspecified atom stereocenters. The standard InChI is InChI=1S/C14H11ClF2N2O2/c15-11-4-2-1-3-9(11)7-18-8-10-5-14(19(20)21)13(17)6-12(10)16/h1-6,18H,7-8H2. The predicted molar refractivity (Wildman–Crippen MR) is 75.0 cm³/mol. The van der Waals surface area contributed by atoms with E-state index in [-0.39, 0.29) is 12.1 Å². The van der Waals surface area contributed by atoms with Gasteiger partial charge in [0.15, 0.2) is 0 Å². The van der Waals surface area contributed by atoms with E-state index < -0.39 is 22.2 Å². The molecule has 0 fully saturated rings. The number of rotatable bonds is 5. The molecule has 21 heavy (non-hydrogen) atoms. The molecule has 2 aromatic carbocycles. The molecule has 0 saturated carbocycles. The third-order valence-corrected chi connectivity index (χ3v) is 3.27. The van der Waals surface area contributed by atoms with Crippen LogP contribution in [0.2, 0.25) is 5.02 Å². The quantitative estimate of drug-likeness (QED) is 0.674. The number of hydrogen-bond acceptors (Lipinski definition) is 3. The van der Waals surface area contributed by atoms with E-state index >= 15 is 0 Å². The molecule has 0 aliphatic heterocycles. The fraction of sp³-hybridized carbons (Fsp3) is 0.143. The molecule has 2 aromatic rings. The summed E-state index contributed by atoms with van der Waals surface area (Å²) in [6, 6.07) is 8.54. The second-order valence-corrected chi connectivity index (χ2v) is 4.75. The number of nitrogens with zero attached hydrogens (tertiary/aromatic N) is 1. The van der Waals surface area contributed by atoms with Gasteiger partial charge in [-0.2, -0.15) is 4.39 Å². The molecule has 0 heterocycles. The van der Waals surface area contributed by atoms with E-state index in [1.54, 1.807) is 18.2 Å². The zero-order valence-electron chi connectivity index (χ0n) is 10.8. The minimum Gasteiger partial charge on any atom is -0.308 e. The van der Waals surface area contributed by atoms with E-state index in [1.165, 1.54) is 0 Å². The van der Waals surface area contributed by atoms with Crippen molar-refractivity contribution >= 4 is 17.3 Å². The summed E-state index contributed by atoms with van der Waals surface area (Å²) in [6.45, 7) is 0.391. The van der Waals surface area contributed by atoms with Gasteiger partial charge in [0.1, 0.15) is 5.82 Å². The van der Waals surface area contributed by atoms with Crippen molar-refractivity contribution < 1.29 is 13.7 Å². The Morgan fingerprint density at radius 2 is 1.76 bits per heavy atom. The Morgan fingerprint density at radius 1 is 1.10 bits per heavy atom. The maximum absolute atomic E-state index is 13.6. The number of halogens is 3. The first-order valence-corrected chi connectivity index (χ1v) is 6.43. The summed E-state index contributed by atoms with van der Waals surface area (Å²) in [5, 5.41) is 14.1. The highest BCUT2D eigenvalue weighted by Gasteiger charge is 2.18. The number of nitrogens with one attached hydrogen (secondary N) is 1. The van der Waals surface area contributed by atoms with Gasteiger partial charge >= 0.3 is 5.69 Å². The molecule has 0 saturated heterocycles. The summed E-state index contributed by atoms with van der Waals surface area (Å²) >= 11 is 5.97. The molecular weight excluding hydrogens is 302 g/mol. The Bertz CT molecular complexity index is 680. The molecule has 0 radical (unpaired) electrons. The van der Waals surface area contributed by atoms with E-state index in [0.29, 0.717) is 17.6 Å². The lowest BCUT2D eigenvalue weighted by Gasteiger charge is -2.08. The van der Waals surface area contributed by atoms with Crippen molar-refractivity contribution in [3.63, 3.8) is 0 Å². The van der Waals surface area contributed by atoms with Gasteiger partial charge in [-0.3, -0.25) is 10.1 Å². The number of nitro groups is 1. The molecule has 0 aromatic heterocycles. The molecule has 0 amide bonds. The minimum absolute atomic E-state index is 0.0233. The molecule has 0 aliphatic carbocycles. The summed E-state index contributed by atoms with van der Waals surface area (Å²) in [4.78, 5) is 9.75. The van der Waals surface area contributed by atoms with Crippen LogP contribution in [0.4, 0.5) is 14.5 Å².